The molecule has 4 nitrogen and oxygen atoms in total. The van der Waals surface area contributed by atoms with Gasteiger partial charge in [-0.25, -0.2) is 0 Å². The van der Waals surface area contributed by atoms with Gasteiger partial charge < -0.3 is 10.0 Å². The van der Waals surface area contributed by atoms with E-state index < -0.39 is 12.0 Å². The van der Waals surface area contributed by atoms with Crippen LogP contribution in [0.5, 0.6) is 0 Å². The van der Waals surface area contributed by atoms with E-state index in [0.29, 0.717) is 6.04 Å². The van der Waals surface area contributed by atoms with Crippen LogP contribution in [0.15, 0.2) is 17.5 Å². The first-order chi connectivity index (χ1) is 8.63. The van der Waals surface area contributed by atoms with Crippen LogP contribution >= 0.6 is 11.3 Å². The first-order valence-corrected chi connectivity index (χ1v) is 7.22. The number of piperazine rings is 1. The molecular formula is C13H20N2O2S. The van der Waals surface area contributed by atoms with Crippen LogP contribution in [0.25, 0.3) is 0 Å². The summed E-state index contributed by atoms with van der Waals surface area (Å²) in [7, 11) is 2.12. The summed E-state index contributed by atoms with van der Waals surface area (Å²) in [6, 6.07) is 3.82. The molecule has 0 radical (unpaired) electrons. The van der Waals surface area contributed by atoms with Gasteiger partial charge in [-0.3, -0.25) is 9.69 Å². The second-order valence-electron chi connectivity index (χ2n) is 4.79. The Balaban J connectivity index is 2.15. The summed E-state index contributed by atoms with van der Waals surface area (Å²) < 4.78 is 0. The molecule has 2 atom stereocenters. The van der Waals surface area contributed by atoms with E-state index in [4.69, 9.17) is 0 Å². The van der Waals surface area contributed by atoms with Crippen LogP contribution < -0.4 is 0 Å². The average Bonchev–Trinajstić information content (AvgIpc) is 2.84. The fourth-order valence-corrected chi connectivity index (χ4v) is 3.40. The molecule has 5 heteroatoms. The third-order valence-corrected chi connectivity index (χ3v) is 4.62. The van der Waals surface area contributed by atoms with Gasteiger partial charge in [0.1, 0.15) is 6.04 Å². The van der Waals surface area contributed by atoms with Gasteiger partial charge in [-0.1, -0.05) is 13.0 Å². The number of thiophene rings is 1. The zero-order valence-corrected chi connectivity index (χ0v) is 11.7. The summed E-state index contributed by atoms with van der Waals surface area (Å²) in [6.45, 7) is 4.75. The Morgan fingerprint density at radius 2 is 2.39 bits per heavy atom. The van der Waals surface area contributed by atoms with Crippen molar-refractivity contribution in [1.29, 1.82) is 0 Å². The number of likely N-dealkylation sites (N-methyl/N-ethyl adjacent to an activating group) is 1. The van der Waals surface area contributed by atoms with Crippen molar-refractivity contribution in [1.82, 2.24) is 9.80 Å². The normalized spacial score (nSPS) is 24.0. The first kappa shape index (κ1) is 13.5. The lowest BCUT2D eigenvalue weighted by atomic mass is 10.1. The Morgan fingerprint density at radius 3 is 2.94 bits per heavy atom. The molecule has 1 aromatic heterocycles. The monoisotopic (exact) mass is 268 g/mol. The van der Waals surface area contributed by atoms with Crippen LogP contribution in [0.2, 0.25) is 0 Å². The quantitative estimate of drug-likeness (QED) is 0.906. The van der Waals surface area contributed by atoms with Crippen LogP contribution in [0.3, 0.4) is 0 Å². The number of aliphatic carboxylic acids is 1. The molecule has 1 saturated heterocycles. The summed E-state index contributed by atoms with van der Waals surface area (Å²) in [6.07, 6.45) is 1.06. The second-order valence-corrected chi connectivity index (χ2v) is 5.77. The predicted molar refractivity (Wildman–Crippen MR) is 73.0 cm³/mol. The third kappa shape index (κ3) is 2.74. The molecular weight excluding hydrogens is 248 g/mol. The van der Waals surface area contributed by atoms with Gasteiger partial charge >= 0.3 is 5.97 Å². The van der Waals surface area contributed by atoms with Crippen molar-refractivity contribution < 1.29 is 9.90 Å². The van der Waals surface area contributed by atoms with E-state index in [1.54, 1.807) is 0 Å². The highest BCUT2D eigenvalue weighted by Crippen LogP contribution is 2.27. The van der Waals surface area contributed by atoms with Gasteiger partial charge in [-0.15, -0.1) is 11.3 Å². The van der Waals surface area contributed by atoms with Crippen molar-refractivity contribution in [2.75, 3.05) is 26.7 Å². The minimum Gasteiger partial charge on any atom is -0.480 e. The zero-order valence-electron chi connectivity index (χ0n) is 10.9. The molecule has 100 valence electrons. The maximum absolute atomic E-state index is 11.5. The Labute approximate surface area is 112 Å². The number of rotatable bonds is 4. The number of hydrogen-bond acceptors (Lipinski definition) is 4. The molecule has 2 unspecified atom stereocenters. The number of carboxylic acids is 1. The van der Waals surface area contributed by atoms with E-state index in [1.165, 1.54) is 11.3 Å². The fourth-order valence-electron chi connectivity index (χ4n) is 2.55. The Bertz CT molecular complexity index is 394. The van der Waals surface area contributed by atoms with Gasteiger partial charge in [-0.05, 0) is 24.9 Å². The van der Waals surface area contributed by atoms with Crippen molar-refractivity contribution in [2.24, 2.45) is 0 Å². The first-order valence-electron chi connectivity index (χ1n) is 6.34. The maximum atomic E-state index is 11.5. The molecule has 0 aromatic carbocycles. The lowest BCUT2D eigenvalue weighted by Gasteiger charge is -2.41. The summed E-state index contributed by atoms with van der Waals surface area (Å²) >= 11 is 1.53. The molecule has 18 heavy (non-hydrogen) atoms. The van der Waals surface area contributed by atoms with Crippen LogP contribution in [-0.4, -0.2) is 53.6 Å². The highest BCUT2D eigenvalue weighted by atomic mass is 32.1. The van der Waals surface area contributed by atoms with Gasteiger partial charge in [0, 0.05) is 30.6 Å². The van der Waals surface area contributed by atoms with Gasteiger partial charge in [0.2, 0.25) is 0 Å². The van der Waals surface area contributed by atoms with E-state index in [1.807, 2.05) is 17.5 Å². The molecule has 1 N–H and O–H groups in total. The highest BCUT2D eigenvalue weighted by Gasteiger charge is 2.33. The van der Waals surface area contributed by atoms with Gasteiger partial charge in [-0.2, -0.15) is 0 Å². The summed E-state index contributed by atoms with van der Waals surface area (Å²) in [5.74, 6) is -0.739. The minimum absolute atomic E-state index is 0.459. The Kier molecular flexibility index (Phi) is 4.37. The minimum atomic E-state index is -0.739. The van der Waals surface area contributed by atoms with Gasteiger partial charge in [0.25, 0.3) is 0 Å². The standard InChI is InChI=1S/C13H20N2O2S/c1-3-10-9-15(7-6-14(10)2)12(13(16)17)11-5-4-8-18-11/h4-5,8,10,12H,3,6-7,9H2,1-2H3,(H,16,17). The largest absolute Gasteiger partial charge is 0.480 e. The van der Waals surface area contributed by atoms with Crippen LogP contribution in [0, 0.1) is 0 Å². The molecule has 1 aromatic rings. The molecule has 2 rings (SSSR count). The second kappa shape index (κ2) is 5.82. The van der Waals surface area contributed by atoms with Crippen molar-refractivity contribution in [3.8, 4) is 0 Å². The topological polar surface area (TPSA) is 43.8 Å². The molecule has 0 amide bonds. The smallest absolute Gasteiger partial charge is 0.326 e. The van der Waals surface area contributed by atoms with Crippen molar-refractivity contribution in [3.05, 3.63) is 22.4 Å². The van der Waals surface area contributed by atoms with E-state index >= 15 is 0 Å². The summed E-state index contributed by atoms with van der Waals surface area (Å²) in [4.78, 5) is 16.9. The van der Waals surface area contributed by atoms with Crippen molar-refractivity contribution >= 4 is 17.3 Å². The number of carboxylic acid groups (broad SMARTS) is 1. The van der Waals surface area contributed by atoms with Gasteiger partial charge in [0.05, 0.1) is 0 Å². The SMILES string of the molecule is CCC1CN(C(C(=O)O)c2cccs2)CCN1C. The maximum Gasteiger partial charge on any atom is 0.326 e. The lowest BCUT2D eigenvalue weighted by molar-refractivity contribution is -0.144. The summed E-state index contributed by atoms with van der Waals surface area (Å²) in [5, 5.41) is 11.4. The molecule has 1 aliphatic heterocycles. The molecule has 1 fully saturated rings. The van der Waals surface area contributed by atoms with Crippen LogP contribution in [-0.2, 0) is 4.79 Å². The highest BCUT2D eigenvalue weighted by molar-refractivity contribution is 7.10. The molecule has 0 spiro atoms. The average molecular weight is 268 g/mol. The van der Waals surface area contributed by atoms with Crippen molar-refractivity contribution in [2.45, 2.75) is 25.4 Å². The molecule has 0 bridgehead atoms. The van der Waals surface area contributed by atoms with Gasteiger partial charge in [0.15, 0.2) is 0 Å². The predicted octanol–water partition coefficient (Wildman–Crippen LogP) is 1.90. The molecule has 0 saturated carbocycles. The summed E-state index contributed by atoms with van der Waals surface area (Å²) in [5.41, 5.74) is 0. The fraction of sp³-hybridized carbons (Fsp3) is 0.615. The molecule has 0 aliphatic carbocycles. The number of nitrogens with zero attached hydrogens (tertiary/aromatic N) is 2. The Hall–Kier alpha value is -0.910. The molecule has 2 heterocycles. The van der Waals surface area contributed by atoms with E-state index in [2.05, 4.69) is 23.8 Å². The zero-order chi connectivity index (χ0) is 13.1. The Morgan fingerprint density at radius 1 is 1.61 bits per heavy atom. The van der Waals surface area contributed by atoms with Crippen LogP contribution in [0.1, 0.15) is 24.3 Å². The van der Waals surface area contributed by atoms with Crippen LogP contribution in [0.4, 0.5) is 0 Å². The van der Waals surface area contributed by atoms with E-state index in [0.717, 1.165) is 30.9 Å². The van der Waals surface area contributed by atoms with E-state index in [9.17, 15) is 9.90 Å². The lowest BCUT2D eigenvalue weighted by Crippen LogP contribution is -2.53. The van der Waals surface area contributed by atoms with Crippen molar-refractivity contribution in [3.63, 3.8) is 0 Å². The molecule has 1 aliphatic rings. The van der Waals surface area contributed by atoms with E-state index in [-0.39, 0.29) is 0 Å². The number of carbonyl (C=O) groups is 1. The third-order valence-electron chi connectivity index (χ3n) is 3.69. The number of hydrogen-bond donors (Lipinski definition) is 1.